The van der Waals surface area contributed by atoms with E-state index in [4.69, 9.17) is 0 Å². The van der Waals surface area contributed by atoms with E-state index in [1.165, 1.54) is 0 Å². The molecule has 1 aromatic rings. The molecule has 4 heteroatoms. The van der Waals surface area contributed by atoms with Crippen LogP contribution < -0.4 is 10.6 Å². The standard InChI is InChI=1S/C14H23N3O/c1-5-6-8-15-11-7-9-16-12(10-11)13(18)17-14(2,3)4/h7,9-10H,5-6,8H2,1-4H3,(H,15,16)(H,17,18). The van der Waals surface area contributed by atoms with Crippen molar-refractivity contribution in [1.29, 1.82) is 0 Å². The Bertz CT molecular complexity index is 396. The van der Waals surface area contributed by atoms with Gasteiger partial charge in [0.25, 0.3) is 5.91 Å². The van der Waals surface area contributed by atoms with E-state index < -0.39 is 0 Å². The van der Waals surface area contributed by atoms with Crippen molar-refractivity contribution >= 4 is 11.6 Å². The summed E-state index contributed by atoms with van der Waals surface area (Å²) in [4.78, 5) is 16.0. The average molecular weight is 249 g/mol. The predicted octanol–water partition coefficient (Wildman–Crippen LogP) is 2.82. The van der Waals surface area contributed by atoms with Gasteiger partial charge in [-0.05, 0) is 39.3 Å². The van der Waals surface area contributed by atoms with Crippen molar-refractivity contribution < 1.29 is 4.79 Å². The maximum absolute atomic E-state index is 11.9. The molecule has 4 nitrogen and oxygen atoms in total. The molecule has 0 bridgehead atoms. The van der Waals surface area contributed by atoms with Crippen molar-refractivity contribution in [2.45, 2.75) is 46.1 Å². The number of carbonyl (C=O) groups is 1. The van der Waals surface area contributed by atoms with Gasteiger partial charge in [0.05, 0.1) is 0 Å². The highest BCUT2D eigenvalue weighted by atomic mass is 16.2. The van der Waals surface area contributed by atoms with Gasteiger partial charge in [0, 0.05) is 24.0 Å². The van der Waals surface area contributed by atoms with Gasteiger partial charge in [-0.15, -0.1) is 0 Å². The summed E-state index contributed by atoms with van der Waals surface area (Å²) in [5.74, 6) is -0.137. The largest absolute Gasteiger partial charge is 0.385 e. The lowest BCUT2D eigenvalue weighted by molar-refractivity contribution is 0.0914. The van der Waals surface area contributed by atoms with E-state index in [2.05, 4.69) is 22.5 Å². The van der Waals surface area contributed by atoms with Gasteiger partial charge in [0.1, 0.15) is 5.69 Å². The third-order valence-corrected chi connectivity index (χ3v) is 2.34. The molecule has 18 heavy (non-hydrogen) atoms. The number of pyridine rings is 1. The van der Waals surface area contributed by atoms with Crippen molar-refractivity contribution in [3.05, 3.63) is 24.0 Å². The third kappa shape index (κ3) is 5.17. The van der Waals surface area contributed by atoms with Crippen LogP contribution >= 0.6 is 0 Å². The molecule has 0 aliphatic heterocycles. The SMILES string of the molecule is CCCCNc1ccnc(C(=O)NC(C)(C)C)c1. The molecule has 0 atom stereocenters. The third-order valence-electron chi connectivity index (χ3n) is 2.34. The van der Waals surface area contributed by atoms with Crippen LogP contribution in [0.3, 0.4) is 0 Å². The van der Waals surface area contributed by atoms with Crippen LogP contribution in [-0.2, 0) is 0 Å². The Morgan fingerprint density at radius 3 is 2.72 bits per heavy atom. The molecule has 0 aliphatic rings. The molecule has 2 N–H and O–H groups in total. The number of carbonyl (C=O) groups excluding carboxylic acids is 1. The molecule has 0 saturated carbocycles. The van der Waals surface area contributed by atoms with E-state index in [0.717, 1.165) is 25.1 Å². The number of rotatable bonds is 5. The fourth-order valence-electron chi connectivity index (χ4n) is 1.48. The van der Waals surface area contributed by atoms with Crippen molar-refractivity contribution in [1.82, 2.24) is 10.3 Å². The first-order valence-electron chi connectivity index (χ1n) is 6.45. The lowest BCUT2D eigenvalue weighted by Crippen LogP contribution is -2.40. The molecule has 0 unspecified atom stereocenters. The Labute approximate surface area is 109 Å². The summed E-state index contributed by atoms with van der Waals surface area (Å²) in [7, 11) is 0. The highest BCUT2D eigenvalue weighted by Crippen LogP contribution is 2.09. The van der Waals surface area contributed by atoms with E-state index in [1.807, 2.05) is 26.8 Å². The van der Waals surface area contributed by atoms with Gasteiger partial charge in [-0.1, -0.05) is 13.3 Å². The molecule has 0 spiro atoms. The molecular formula is C14H23N3O. The normalized spacial score (nSPS) is 11.1. The van der Waals surface area contributed by atoms with E-state index in [1.54, 1.807) is 12.3 Å². The number of unbranched alkanes of at least 4 members (excludes halogenated alkanes) is 1. The first kappa shape index (κ1) is 14.5. The molecule has 0 radical (unpaired) electrons. The number of anilines is 1. The summed E-state index contributed by atoms with van der Waals surface area (Å²) in [5.41, 5.74) is 1.15. The van der Waals surface area contributed by atoms with Crippen LogP contribution in [0.1, 0.15) is 51.0 Å². The van der Waals surface area contributed by atoms with E-state index >= 15 is 0 Å². The van der Waals surface area contributed by atoms with Crippen molar-refractivity contribution in [3.8, 4) is 0 Å². The second-order valence-corrected chi connectivity index (χ2v) is 5.41. The monoisotopic (exact) mass is 249 g/mol. The minimum absolute atomic E-state index is 0.137. The molecule has 0 aliphatic carbocycles. The van der Waals surface area contributed by atoms with Crippen LogP contribution in [0, 0.1) is 0 Å². The van der Waals surface area contributed by atoms with Crippen LogP contribution in [-0.4, -0.2) is 23.0 Å². The van der Waals surface area contributed by atoms with Crippen molar-refractivity contribution in [3.63, 3.8) is 0 Å². The molecule has 100 valence electrons. The number of nitrogens with one attached hydrogen (secondary N) is 2. The fraction of sp³-hybridized carbons (Fsp3) is 0.571. The first-order chi connectivity index (χ1) is 8.42. The van der Waals surface area contributed by atoms with Gasteiger partial charge in [-0.25, -0.2) is 0 Å². The molecule has 0 saturated heterocycles. The second kappa shape index (κ2) is 6.38. The smallest absolute Gasteiger partial charge is 0.270 e. The minimum Gasteiger partial charge on any atom is -0.385 e. The van der Waals surface area contributed by atoms with Gasteiger partial charge >= 0.3 is 0 Å². The maximum Gasteiger partial charge on any atom is 0.270 e. The van der Waals surface area contributed by atoms with Crippen molar-refractivity contribution in [2.75, 3.05) is 11.9 Å². The number of hydrogen-bond acceptors (Lipinski definition) is 3. The lowest BCUT2D eigenvalue weighted by Gasteiger charge is -2.20. The van der Waals surface area contributed by atoms with Gasteiger partial charge in [-0.2, -0.15) is 0 Å². The summed E-state index contributed by atoms with van der Waals surface area (Å²) >= 11 is 0. The summed E-state index contributed by atoms with van der Waals surface area (Å²) in [6.45, 7) is 8.92. The Hall–Kier alpha value is -1.58. The molecule has 1 rings (SSSR count). The number of hydrogen-bond donors (Lipinski definition) is 2. The second-order valence-electron chi connectivity index (χ2n) is 5.41. The summed E-state index contributed by atoms with van der Waals surface area (Å²) in [5, 5.41) is 6.18. The Balaban J connectivity index is 2.66. The van der Waals surface area contributed by atoms with Crippen LogP contribution in [0.4, 0.5) is 5.69 Å². The Kier molecular flexibility index (Phi) is 5.13. The number of nitrogens with zero attached hydrogens (tertiary/aromatic N) is 1. The Morgan fingerprint density at radius 2 is 2.11 bits per heavy atom. The van der Waals surface area contributed by atoms with E-state index in [9.17, 15) is 4.79 Å². The number of aromatic nitrogens is 1. The minimum atomic E-state index is -0.246. The zero-order valence-corrected chi connectivity index (χ0v) is 11.7. The van der Waals surface area contributed by atoms with Gasteiger partial charge < -0.3 is 10.6 Å². The zero-order valence-electron chi connectivity index (χ0n) is 11.7. The molecule has 1 aromatic heterocycles. The Morgan fingerprint density at radius 1 is 1.39 bits per heavy atom. The highest BCUT2D eigenvalue weighted by Gasteiger charge is 2.16. The molecule has 0 aromatic carbocycles. The first-order valence-corrected chi connectivity index (χ1v) is 6.45. The lowest BCUT2D eigenvalue weighted by atomic mass is 10.1. The van der Waals surface area contributed by atoms with Crippen LogP contribution in [0.5, 0.6) is 0 Å². The fourth-order valence-corrected chi connectivity index (χ4v) is 1.48. The van der Waals surface area contributed by atoms with Crippen LogP contribution in [0.25, 0.3) is 0 Å². The zero-order chi connectivity index (χ0) is 13.6. The van der Waals surface area contributed by atoms with E-state index in [0.29, 0.717) is 5.69 Å². The number of amides is 1. The molecule has 0 fully saturated rings. The predicted molar refractivity (Wildman–Crippen MR) is 74.9 cm³/mol. The molecular weight excluding hydrogens is 226 g/mol. The van der Waals surface area contributed by atoms with Crippen LogP contribution in [0.2, 0.25) is 0 Å². The van der Waals surface area contributed by atoms with Gasteiger partial charge in [-0.3, -0.25) is 9.78 Å². The van der Waals surface area contributed by atoms with Gasteiger partial charge in [0.15, 0.2) is 0 Å². The summed E-state index contributed by atoms with van der Waals surface area (Å²) in [6.07, 6.45) is 3.92. The maximum atomic E-state index is 11.9. The topological polar surface area (TPSA) is 54.0 Å². The van der Waals surface area contributed by atoms with Gasteiger partial charge in [0.2, 0.25) is 0 Å². The molecule has 1 amide bonds. The highest BCUT2D eigenvalue weighted by molar-refractivity contribution is 5.93. The van der Waals surface area contributed by atoms with Crippen LogP contribution in [0.15, 0.2) is 18.3 Å². The summed E-state index contributed by atoms with van der Waals surface area (Å²) < 4.78 is 0. The van der Waals surface area contributed by atoms with Crippen molar-refractivity contribution in [2.24, 2.45) is 0 Å². The quantitative estimate of drug-likeness (QED) is 0.789. The molecule has 1 heterocycles. The average Bonchev–Trinajstić information content (AvgIpc) is 2.27. The summed E-state index contributed by atoms with van der Waals surface area (Å²) in [6, 6.07) is 3.67. The van der Waals surface area contributed by atoms with E-state index in [-0.39, 0.29) is 11.4 Å².